The van der Waals surface area contributed by atoms with Crippen molar-refractivity contribution in [3.8, 4) is 5.75 Å². The first-order valence-corrected chi connectivity index (χ1v) is 10.1. The Bertz CT molecular complexity index is 619. The Hall–Kier alpha value is -1.55. The first-order chi connectivity index (χ1) is 13.6. The van der Waals surface area contributed by atoms with Gasteiger partial charge in [-0.1, -0.05) is 0 Å². The summed E-state index contributed by atoms with van der Waals surface area (Å²) in [6.45, 7) is 6.65. The molecule has 7 nitrogen and oxygen atoms in total. The highest BCUT2D eigenvalue weighted by atomic mass is 127. The van der Waals surface area contributed by atoms with E-state index in [9.17, 15) is 4.79 Å². The maximum absolute atomic E-state index is 12.2. The quantitative estimate of drug-likeness (QED) is 0.228. The molecule has 1 aliphatic heterocycles. The number of amides is 1. The third kappa shape index (κ3) is 9.20. The Labute approximate surface area is 191 Å². The lowest BCUT2D eigenvalue weighted by molar-refractivity contribution is 0.0625. The summed E-state index contributed by atoms with van der Waals surface area (Å²) in [4.78, 5) is 19.0. The summed E-state index contributed by atoms with van der Waals surface area (Å²) < 4.78 is 10.5. The molecule has 0 atom stereocenters. The largest absolute Gasteiger partial charge is 0.497 e. The van der Waals surface area contributed by atoms with E-state index in [1.165, 1.54) is 0 Å². The van der Waals surface area contributed by atoms with Gasteiger partial charge in [-0.15, -0.1) is 24.0 Å². The summed E-state index contributed by atoms with van der Waals surface area (Å²) in [5.74, 6) is 2.26. The van der Waals surface area contributed by atoms with Gasteiger partial charge in [0.2, 0.25) is 0 Å². The second kappa shape index (κ2) is 14.4. The van der Waals surface area contributed by atoms with Gasteiger partial charge in [-0.3, -0.25) is 9.79 Å². The molecule has 0 radical (unpaired) electrons. The Morgan fingerprint density at radius 2 is 1.93 bits per heavy atom. The summed E-state index contributed by atoms with van der Waals surface area (Å²) >= 11 is 0. The van der Waals surface area contributed by atoms with Crippen LogP contribution in [0.4, 0.5) is 0 Å². The van der Waals surface area contributed by atoms with Crippen molar-refractivity contribution in [2.24, 2.45) is 10.9 Å². The van der Waals surface area contributed by atoms with Gasteiger partial charge in [-0.05, 0) is 56.4 Å². The molecular formula is C21H35IN4O3. The molecule has 0 unspecified atom stereocenters. The molecule has 1 amide bonds. The number of hydrogen-bond donors (Lipinski definition) is 2. The van der Waals surface area contributed by atoms with Crippen molar-refractivity contribution in [2.45, 2.75) is 26.2 Å². The second-order valence-corrected chi connectivity index (χ2v) is 6.99. The summed E-state index contributed by atoms with van der Waals surface area (Å²) in [7, 11) is 3.67. The molecule has 1 saturated heterocycles. The Morgan fingerprint density at radius 1 is 1.24 bits per heavy atom. The van der Waals surface area contributed by atoms with Gasteiger partial charge >= 0.3 is 0 Å². The number of methoxy groups -OCH3 is 1. The third-order valence-electron chi connectivity index (χ3n) is 4.92. The molecule has 1 aromatic carbocycles. The lowest BCUT2D eigenvalue weighted by Crippen LogP contribution is -2.40. The van der Waals surface area contributed by atoms with E-state index >= 15 is 0 Å². The van der Waals surface area contributed by atoms with Crippen LogP contribution in [0, 0.1) is 5.92 Å². The van der Waals surface area contributed by atoms with Crippen molar-refractivity contribution in [2.75, 3.05) is 53.6 Å². The minimum atomic E-state index is -0.101. The van der Waals surface area contributed by atoms with E-state index in [4.69, 9.17) is 9.47 Å². The predicted octanol–water partition coefficient (Wildman–Crippen LogP) is 2.76. The minimum Gasteiger partial charge on any atom is -0.497 e. The van der Waals surface area contributed by atoms with Crippen molar-refractivity contribution in [1.29, 1.82) is 0 Å². The molecule has 8 heteroatoms. The van der Waals surface area contributed by atoms with Gasteiger partial charge in [-0.2, -0.15) is 0 Å². The molecule has 1 aromatic rings. The van der Waals surface area contributed by atoms with Gasteiger partial charge < -0.3 is 25.0 Å². The van der Waals surface area contributed by atoms with E-state index in [1.54, 1.807) is 31.4 Å². The number of carbonyl (C=O) groups is 1. The number of hydrogen-bond acceptors (Lipinski definition) is 4. The predicted molar refractivity (Wildman–Crippen MR) is 128 cm³/mol. The zero-order valence-corrected chi connectivity index (χ0v) is 20.1. The highest BCUT2D eigenvalue weighted by Crippen LogP contribution is 2.18. The van der Waals surface area contributed by atoms with Crippen LogP contribution in [-0.4, -0.2) is 70.3 Å². The number of rotatable bonds is 9. The molecule has 1 heterocycles. The number of halogens is 1. The normalized spacial score (nSPS) is 14.7. The van der Waals surface area contributed by atoms with Crippen molar-refractivity contribution >= 4 is 35.8 Å². The number of nitrogens with zero attached hydrogens (tertiary/aromatic N) is 2. The number of guanidine groups is 1. The van der Waals surface area contributed by atoms with Gasteiger partial charge in [0.05, 0.1) is 13.7 Å². The van der Waals surface area contributed by atoms with E-state index < -0.39 is 0 Å². The summed E-state index contributed by atoms with van der Waals surface area (Å²) in [6, 6.07) is 7.07. The van der Waals surface area contributed by atoms with Crippen LogP contribution >= 0.6 is 24.0 Å². The first kappa shape index (κ1) is 25.5. The number of ether oxygens (including phenoxy) is 2. The molecule has 0 aliphatic carbocycles. The highest BCUT2D eigenvalue weighted by molar-refractivity contribution is 14.0. The fourth-order valence-corrected chi connectivity index (χ4v) is 3.16. The van der Waals surface area contributed by atoms with Crippen LogP contribution in [0.2, 0.25) is 0 Å². The van der Waals surface area contributed by atoms with Gasteiger partial charge in [0.1, 0.15) is 5.75 Å². The van der Waals surface area contributed by atoms with Gasteiger partial charge in [0.15, 0.2) is 5.96 Å². The van der Waals surface area contributed by atoms with E-state index in [2.05, 4.69) is 34.5 Å². The molecule has 0 spiro atoms. The van der Waals surface area contributed by atoms with Crippen LogP contribution in [0.1, 0.15) is 36.5 Å². The summed E-state index contributed by atoms with van der Waals surface area (Å²) in [5, 5.41) is 6.24. The van der Waals surface area contributed by atoms with Gasteiger partial charge in [-0.25, -0.2) is 0 Å². The van der Waals surface area contributed by atoms with Gasteiger partial charge in [0, 0.05) is 45.5 Å². The van der Waals surface area contributed by atoms with Gasteiger partial charge in [0.25, 0.3) is 5.91 Å². The van der Waals surface area contributed by atoms with Crippen molar-refractivity contribution < 1.29 is 14.3 Å². The fourth-order valence-electron chi connectivity index (χ4n) is 3.16. The van der Waals surface area contributed by atoms with Crippen molar-refractivity contribution in [3.05, 3.63) is 29.8 Å². The summed E-state index contributed by atoms with van der Waals surface area (Å²) in [5.41, 5.74) is 0.616. The zero-order valence-electron chi connectivity index (χ0n) is 17.8. The lowest BCUT2D eigenvalue weighted by Gasteiger charge is -2.26. The van der Waals surface area contributed by atoms with Crippen LogP contribution in [0.15, 0.2) is 29.3 Å². The molecule has 164 valence electrons. The monoisotopic (exact) mass is 518 g/mol. The van der Waals surface area contributed by atoms with E-state index in [1.807, 2.05) is 0 Å². The molecule has 1 fully saturated rings. The van der Waals surface area contributed by atoms with Crippen LogP contribution in [-0.2, 0) is 4.74 Å². The topological polar surface area (TPSA) is 75.2 Å². The summed E-state index contributed by atoms with van der Waals surface area (Å²) in [6.07, 6.45) is 3.45. The standard InChI is InChI=1S/C21H34N4O3.HI/c1-4-22-21(25(2)14-9-17-10-15-28-16-11-17)24-13-12-23-20(26)18-5-7-19(27-3)8-6-18;/h5-8,17H,4,9-16H2,1-3H3,(H,22,24)(H,23,26);1H. The zero-order chi connectivity index (χ0) is 20.2. The first-order valence-electron chi connectivity index (χ1n) is 10.1. The van der Waals surface area contributed by atoms with E-state index in [-0.39, 0.29) is 29.9 Å². The molecule has 2 rings (SSSR count). The number of carbonyl (C=O) groups excluding carboxylic acids is 1. The minimum absolute atomic E-state index is 0. The van der Waals surface area contributed by atoms with Crippen LogP contribution in [0.3, 0.4) is 0 Å². The average Bonchev–Trinajstić information content (AvgIpc) is 2.74. The number of nitrogens with one attached hydrogen (secondary N) is 2. The van der Waals surface area contributed by atoms with Crippen LogP contribution < -0.4 is 15.4 Å². The number of benzene rings is 1. The molecule has 0 bridgehead atoms. The average molecular weight is 518 g/mol. The molecule has 0 aromatic heterocycles. The number of aliphatic imine (C=N–C) groups is 1. The van der Waals surface area contributed by atoms with Crippen molar-refractivity contribution in [3.63, 3.8) is 0 Å². The third-order valence-corrected chi connectivity index (χ3v) is 4.92. The molecule has 29 heavy (non-hydrogen) atoms. The maximum atomic E-state index is 12.2. The molecule has 2 N–H and O–H groups in total. The van der Waals surface area contributed by atoms with E-state index in [0.717, 1.165) is 63.2 Å². The van der Waals surface area contributed by atoms with E-state index in [0.29, 0.717) is 18.7 Å². The fraction of sp³-hybridized carbons (Fsp3) is 0.619. The SMILES string of the molecule is CCNC(=NCCNC(=O)c1ccc(OC)cc1)N(C)CCC1CCOCC1.I. The van der Waals surface area contributed by atoms with Crippen LogP contribution in [0.5, 0.6) is 5.75 Å². The van der Waals surface area contributed by atoms with Crippen LogP contribution in [0.25, 0.3) is 0 Å². The molecular weight excluding hydrogens is 483 g/mol. The maximum Gasteiger partial charge on any atom is 0.251 e. The Morgan fingerprint density at radius 3 is 2.55 bits per heavy atom. The molecule has 0 saturated carbocycles. The second-order valence-electron chi connectivity index (χ2n) is 6.99. The highest BCUT2D eigenvalue weighted by Gasteiger charge is 2.15. The molecule has 1 aliphatic rings. The van der Waals surface area contributed by atoms with Crippen molar-refractivity contribution in [1.82, 2.24) is 15.5 Å². The Balaban J connectivity index is 0.00000420. The Kier molecular flexibility index (Phi) is 12.7. The smallest absolute Gasteiger partial charge is 0.251 e. The lowest BCUT2D eigenvalue weighted by atomic mass is 9.96.